The second kappa shape index (κ2) is 3.60. The topological polar surface area (TPSA) is 78.9 Å². The Balaban J connectivity index is 2.14. The smallest absolute Gasteiger partial charge is 0.411 e. The molecule has 0 aliphatic carbocycles. The molecule has 2 rings (SSSR count). The summed E-state index contributed by atoms with van der Waals surface area (Å²) < 4.78 is 5.25. The van der Waals surface area contributed by atoms with E-state index in [4.69, 9.17) is 4.74 Å². The van der Waals surface area contributed by atoms with Gasteiger partial charge in [-0.1, -0.05) is 0 Å². The largest absolute Gasteiger partial charge is 0.444 e. The van der Waals surface area contributed by atoms with Gasteiger partial charge in [0, 0.05) is 6.42 Å². The quantitative estimate of drug-likeness (QED) is 0.579. The van der Waals surface area contributed by atoms with E-state index in [2.05, 4.69) is 5.32 Å². The highest BCUT2D eigenvalue weighted by molar-refractivity contribution is 5.96. The average molecular weight is 242 g/mol. The maximum atomic E-state index is 12.0. The zero-order valence-electron chi connectivity index (χ0n) is 10.3. The van der Waals surface area contributed by atoms with Crippen LogP contribution in [-0.2, 0) is 9.53 Å². The molecule has 2 heterocycles. The molecule has 6 heteroatoms. The summed E-state index contributed by atoms with van der Waals surface area (Å²) in [6.07, 6.45) is -0.907. The highest BCUT2D eigenvalue weighted by Crippen LogP contribution is 2.35. The van der Waals surface area contributed by atoms with E-state index in [-0.39, 0.29) is 18.9 Å². The third-order valence-electron chi connectivity index (χ3n) is 3.06. The van der Waals surface area contributed by atoms with Gasteiger partial charge in [-0.3, -0.25) is 9.69 Å². The fourth-order valence-electron chi connectivity index (χ4n) is 2.26. The Kier molecular flexibility index (Phi) is 2.57. The van der Waals surface area contributed by atoms with Gasteiger partial charge in [-0.2, -0.15) is 0 Å². The van der Waals surface area contributed by atoms with Crippen molar-refractivity contribution in [3.63, 3.8) is 0 Å². The second-order valence-electron chi connectivity index (χ2n) is 5.66. The molecule has 2 aliphatic rings. The van der Waals surface area contributed by atoms with E-state index in [0.717, 1.165) is 0 Å². The van der Waals surface area contributed by atoms with Gasteiger partial charge < -0.3 is 15.2 Å². The first-order valence-corrected chi connectivity index (χ1v) is 5.72. The highest BCUT2D eigenvalue weighted by Gasteiger charge is 2.59. The normalized spacial score (nSPS) is 32.4. The predicted molar refractivity (Wildman–Crippen MR) is 59.3 cm³/mol. The molecule has 0 saturated carbocycles. The lowest BCUT2D eigenvalue weighted by Gasteiger charge is -2.43. The Morgan fingerprint density at radius 3 is 2.65 bits per heavy atom. The summed E-state index contributed by atoms with van der Waals surface area (Å²) in [5.41, 5.74) is -1.49. The molecule has 17 heavy (non-hydrogen) atoms. The Labute approximate surface area is 99.9 Å². The molecule has 0 aromatic rings. The van der Waals surface area contributed by atoms with Crippen LogP contribution in [0.4, 0.5) is 4.79 Å². The number of hydrogen-bond donors (Lipinski definition) is 2. The molecule has 2 fully saturated rings. The van der Waals surface area contributed by atoms with Crippen LogP contribution in [0, 0.1) is 0 Å². The lowest BCUT2D eigenvalue weighted by atomic mass is 9.88. The molecule has 0 aromatic heterocycles. The highest BCUT2D eigenvalue weighted by atomic mass is 16.6. The summed E-state index contributed by atoms with van der Waals surface area (Å²) >= 11 is 0. The third kappa shape index (κ3) is 1.97. The standard InChI is InChI=1S/C11H18N2O4/c1-10(2,3)17-9(16)13-5-7(14)4-11(13)6-12-8(11)15/h7,14H,4-6H2,1-3H3,(H,12,15)/t7-,11?/m0/s1. The number of aliphatic hydroxyl groups excluding tert-OH is 1. The van der Waals surface area contributed by atoms with Gasteiger partial charge >= 0.3 is 6.09 Å². The number of aliphatic hydroxyl groups is 1. The monoisotopic (exact) mass is 242 g/mol. The first-order chi connectivity index (χ1) is 7.74. The number of nitrogens with zero attached hydrogens (tertiary/aromatic N) is 1. The SMILES string of the molecule is CC(C)(C)OC(=O)N1C[C@@H](O)CC12CNC2=O. The fourth-order valence-corrected chi connectivity index (χ4v) is 2.26. The number of β-amino-alcohol motifs (C(OH)–C–C–N with tert-alkyl or cyclic N) is 1. The number of amides is 2. The van der Waals surface area contributed by atoms with Crippen molar-refractivity contribution in [3.8, 4) is 0 Å². The van der Waals surface area contributed by atoms with Crippen LogP contribution < -0.4 is 5.32 Å². The van der Waals surface area contributed by atoms with Crippen molar-refractivity contribution >= 4 is 12.0 Å². The van der Waals surface area contributed by atoms with Crippen molar-refractivity contribution in [3.05, 3.63) is 0 Å². The molecule has 2 amide bonds. The predicted octanol–water partition coefficient (Wildman–Crippen LogP) is -0.143. The van der Waals surface area contributed by atoms with Crippen LogP contribution in [0.25, 0.3) is 0 Å². The van der Waals surface area contributed by atoms with Crippen molar-refractivity contribution in [2.75, 3.05) is 13.1 Å². The van der Waals surface area contributed by atoms with Crippen LogP contribution in [0.1, 0.15) is 27.2 Å². The molecule has 0 bridgehead atoms. The van der Waals surface area contributed by atoms with Gasteiger partial charge in [-0.15, -0.1) is 0 Å². The summed E-state index contributed by atoms with van der Waals surface area (Å²) in [4.78, 5) is 24.9. The van der Waals surface area contributed by atoms with Crippen LogP contribution in [0.15, 0.2) is 0 Å². The van der Waals surface area contributed by atoms with E-state index in [0.29, 0.717) is 6.54 Å². The van der Waals surface area contributed by atoms with E-state index in [1.165, 1.54) is 4.90 Å². The number of rotatable bonds is 0. The summed E-state index contributed by atoms with van der Waals surface area (Å²) in [6.45, 7) is 5.85. The molecule has 2 N–H and O–H groups in total. The van der Waals surface area contributed by atoms with Crippen LogP contribution >= 0.6 is 0 Å². The Morgan fingerprint density at radius 2 is 2.24 bits per heavy atom. The number of β-lactam (4-membered cyclic amide) rings is 1. The minimum atomic E-state index is -0.887. The molecule has 0 aromatic carbocycles. The van der Waals surface area contributed by atoms with Gasteiger partial charge in [0.2, 0.25) is 5.91 Å². The Hall–Kier alpha value is -1.30. The number of carbonyl (C=O) groups excluding carboxylic acids is 2. The van der Waals surface area contributed by atoms with Crippen LogP contribution in [0.3, 0.4) is 0 Å². The minimum Gasteiger partial charge on any atom is -0.444 e. The number of hydrogen-bond acceptors (Lipinski definition) is 4. The van der Waals surface area contributed by atoms with E-state index in [1.807, 2.05) is 0 Å². The molecule has 2 saturated heterocycles. The van der Waals surface area contributed by atoms with Crippen molar-refractivity contribution in [1.82, 2.24) is 10.2 Å². The van der Waals surface area contributed by atoms with Crippen LogP contribution in [0.5, 0.6) is 0 Å². The summed E-state index contributed by atoms with van der Waals surface area (Å²) in [5.74, 6) is -0.208. The summed E-state index contributed by atoms with van der Waals surface area (Å²) in [6, 6.07) is 0. The van der Waals surface area contributed by atoms with E-state index < -0.39 is 23.3 Å². The molecular weight excluding hydrogens is 224 g/mol. The maximum Gasteiger partial charge on any atom is 0.411 e. The van der Waals surface area contributed by atoms with Crippen molar-refractivity contribution in [2.45, 2.75) is 44.4 Å². The van der Waals surface area contributed by atoms with Gasteiger partial charge in [0.05, 0.1) is 19.2 Å². The molecule has 6 nitrogen and oxygen atoms in total. The number of nitrogens with one attached hydrogen (secondary N) is 1. The van der Waals surface area contributed by atoms with Gasteiger partial charge in [-0.25, -0.2) is 4.79 Å². The van der Waals surface area contributed by atoms with Gasteiger partial charge in [0.1, 0.15) is 11.1 Å². The maximum absolute atomic E-state index is 12.0. The first-order valence-electron chi connectivity index (χ1n) is 5.72. The molecule has 0 radical (unpaired) electrons. The van der Waals surface area contributed by atoms with Gasteiger partial charge in [0.15, 0.2) is 0 Å². The molecular formula is C11H18N2O4. The Morgan fingerprint density at radius 1 is 1.59 bits per heavy atom. The Bertz CT molecular complexity index is 363. The van der Waals surface area contributed by atoms with E-state index in [9.17, 15) is 14.7 Å². The second-order valence-corrected chi connectivity index (χ2v) is 5.66. The van der Waals surface area contributed by atoms with Gasteiger partial charge in [-0.05, 0) is 20.8 Å². The molecule has 1 spiro atoms. The first kappa shape index (κ1) is 12.2. The van der Waals surface area contributed by atoms with E-state index in [1.54, 1.807) is 20.8 Å². The molecule has 2 aliphatic heterocycles. The molecule has 1 unspecified atom stereocenters. The lowest BCUT2D eigenvalue weighted by molar-refractivity contribution is -0.140. The zero-order valence-corrected chi connectivity index (χ0v) is 10.3. The van der Waals surface area contributed by atoms with Crippen molar-refractivity contribution in [1.29, 1.82) is 0 Å². The fraction of sp³-hybridized carbons (Fsp3) is 0.818. The van der Waals surface area contributed by atoms with Crippen molar-refractivity contribution < 1.29 is 19.4 Å². The average Bonchev–Trinajstić information content (AvgIpc) is 2.53. The zero-order chi connectivity index (χ0) is 12.8. The molecule has 2 atom stereocenters. The summed E-state index contributed by atoms with van der Waals surface area (Å²) in [5, 5.41) is 12.2. The van der Waals surface area contributed by atoms with Crippen LogP contribution in [0.2, 0.25) is 0 Å². The third-order valence-corrected chi connectivity index (χ3v) is 3.06. The van der Waals surface area contributed by atoms with E-state index >= 15 is 0 Å². The van der Waals surface area contributed by atoms with Crippen LogP contribution in [-0.4, -0.2) is 52.3 Å². The minimum absolute atomic E-state index is 0.155. The lowest BCUT2D eigenvalue weighted by Crippen LogP contribution is -2.71. The molecule has 96 valence electrons. The van der Waals surface area contributed by atoms with Crippen molar-refractivity contribution in [2.24, 2.45) is 0 Å². The number of carbonyl (C=O) groups is 2. The van der Waals surface area contributed by atoms with Gasteiger partial charge in [0.25, 0.3) is 0 Å². The number of likely N-dealkylation sites (tertiary alicyclic amines) is 1. The summed E-state index contributed by atoms with van der Waals surface area (Å²) in [7, 11) is 0. The number of ether oxygens (including phenoxy) is 1.